The number of nitrogens with two attached hydrogens (primary N) is 1. The Hall–Kier alpha value is -0.620. The van der Waals surface area contributed by atoms with Gasteiger partial charge in [-0.1, -0.05) is 6.92 Å². The van der Waals surface area contributed by atoms with Gasteiger partial charge in [-0.3, -0.25) is 4.79 Å². The monoisotopic (exact) mass is 191 g/mol. The van der Waals surface area contributed by atoms with E-state index in [4.69, 9.17) is 10.5 Å². The molecule has 0 aromatic rings. The third kappa shape index (κ3) is 1.44. The molecular formula is C6H13N3O2S. The summed E-state index contributed by atoms with van der Waals surface area (Å²) < 4.78 is 20.2. The van der Waals surface area contributed by atoms with Gasteiger partial charge in [-0.15, -0.1) is 0 Å². The Bertz CT molecular complexity index is 285. The molecule has 0 saturated carbocycles. The first-order valence-corrected chi connectivity index (χ1v) is 5.50. The molecule has 1 heterocycles. The minimum absolute atomic E-state index is 0.247. The zero-order valence-electron chi connectivity index (χ0n) is 6.95. The van der Waals surface area contributed by atoms with Crippen LogP contribution in [0.4, 0.5) is 0 Å². The molecule has 2 atom stereocenters. The Labute approximate surface area is 72.0 Å². The van der Waals surface area contributed by atoms with Crippen LogP contribution in [0.15, 0.2) is 0 Å². The zero-order valence-corrected chi connectivity index (χ0v) is 7.76. The number of primary amides is 1. The number of carbonyl (C=O) groups is 1. The Morgan fingerprint density at radius 1 is 1.83 bits per heavy atom. The maximum absolute atomic E-state index is 11.4. The summed E-state index contributed by atoms with van der Waals surface area (Å²) in [6.07, 6.45) is 0.630. The van der Waals surface area contributed by atoms with Crippen LogP contribution in [0.2, 0.25) is 0 Å². The first kappa shape index (κ1) is 9.47. The molecule has 0 bridgehead atoms. The van der Waals surface area contributed by atoms with E-state index in [-0.39, 0.29) is 5.75 Å². The maximum Gasteiger partial charge on any atom is 0.235 e. The minimum Gasteiger partial charge on any atom is -0.368 e. The third-order valence-electron chi connectivity index (χ3n) is 2.07. The van der Waals surface area contributed by atoms with Crippen molar-refractivity contribution in [2.45, 2.75) is 19.4 Å². The number of rotatable bonds is 3. The topological polar surface area (TPSA) is 87.2 Å². The fourth-order valence-corrected chi connectivity index (χ4v) is 2.52. The van der Waals surface area contributed by atoms with Gasteiger partial charge < -0.3 is 5.73 Å². The van der Waals surface area contributed by atoms with Gasteiger partial charge in [-0.05, 0) is 6.42 Å². The Kier molecular flexibility index (Phi) is 2.39. The molecule has 5 nitrogen and oxygen atoms in total. The number of nitrogens with one attached hydrogen (secondary N) is 1. The average molecular weight is 191 g/mol. The van der Waals surface area contributed by atoms with Crippen LogP contribution in [0.25, 0.3) is 0 Å². The van der Waals surface area contributed by atoms with Crippen molar-refractivity contribution in [3.8, 4) is 0 Å². The van der Waals surface area contributed by atoms with Crippen LogP contribution in [0, 0.1) is 4.78 Å². The summed E-state index contributed by atoms with van der Waals surface area (Å²) in [5.74, 6) is -0.230. The Morgan fingerprint density at radius 2 is 2.42 bits per heavy atom. The summed E-state index contributed by atoms with van der Waals surface area (Å²) in [7, 11) is -2.72. The number of hydrogen-bond donors (Lipinski definition) is 2. The first-order chi connectivity index (χ1) is 5.49. The van der Waals surface area contributed by atoms with Crippen molar-refractivity contribution in [2.24, 2.45) is 5.73 Å². The molecule has 12 heavy (non-hydrogen) atoms. The van der Waals surface area contributed by atoms with Gasteiger partial charge in [0, 0.05) is 12.3 Å². The summed E-state index contributed by atoms with van der Waals surface area (Å²) in [5, 5.41) is 0. The smallest absolute Gasteiger partial charge is 0.235 e. The normalized spacial score (nSPS) is 28.9. The molecule has 0 aromatic carbocycles. The molecule has 1 amide bonds. The Balaban J connectivity index is 2.73. The van der Waals surface area contributed by atoms with Gasteiger partial charge >= 0.3 is 0 Å². The molecule has 2 unspecified atom stereocenters. The van der Waals surface area contributed by atoms with Crippen LogP contribution >= 0.6 is 0 Å². The molecule has 1 aliphatic rings. The molecule has 70 valence electrons. The average Bonchev–Trinajstić information content (AvgIpc) is 1.82. The highest BCUT2D eigenvalue weighted by Gasteiger charge is 2.37. The van der Waals surface area contributed by atoms with E-state index in [2.05, 4.69) is 0 Å². The van der Waals surface area contributed by atoms with E-state index in [1.54, 1.807) is 6.92 Å². The zero-order chi connectivity index (χ0) is 9.35. The minimum atomic E-state index is -2.72. The number of carbonyl (C=O) groups excluding carboxylic acids is 1. The van der Waals surface area contributed by atoms with Gasteiger partial charge in [-0.2, -0.15) is 0 Å². The predicted octanol–water partition coefficient (Wildman–Crippen LogP) is -0.472. The summed E-state index contributed by atoms with van der Waals surface area (Å²) in [5.41, 5.74) is 5.05. The van der Waals surface area contributed by atoms with Crippen molar-refractivity contribution >= 4 is 15.8 Å². The highest BCUT2D eigenvalue weighted by atomic mass is 32.2. The highest BCUT2D eigenvalue weighted by molar-refractivity contribution is 7.90. The van der Waals surface area contributed by atoms with Gasteiger partial charge in [0.25, 0.3) is 0 Å². The van der Waals surface area contributed by atoms with E-state index >= 15 is 0 Å². The van der Waals surface area contributed by atoms with Crippen LogP contribution in [0.3, 0.4) is 0 Å². The highest BCUT2D eigenvalue weighted by Crippen LogP contribution is 2.21. The molecule has 0 aliphatic carbocycles. The quantitative estimate of drug-likeness (QED) is 0.631. The van der Waals surface area contributed by atoms with Crippen molar-refractivity contribution in [2.75, 3.05) is 12.3 Å². The van der Waals surface area contributed by atoms with Gasteiger partial charge in [0.1, 0.15) is 16.0 Å². The number of nitrogens with zero attached hydrogens (tertiary/aromatic N) is 1. The summed E-state index contributed by atoms with van der Waals surface area (Å²) in [6.45, 7) is 2.22. The van der Waals surface area contributed by atoms with Gasteiger partial charge in [0.05, 0.1) is 0 Å². The number of hydrogen-bond acceptors (Lipinski definition) is 3. The SMILES string of the molecule is CCS(=N)(=O)N1CCC1C(N)=O. The van der Waals surface area contributed by atoms with E-state index in [1.165, 1.54) is 4.31 Å². The maximum atomic E-state index is 11.4. The van der Waals surface area contributed by atoms with E-state index in [1.807, 2.05) is 0 Å². The molecular weight excluding hydrogens is 178 g/mol. The van der Waals surface area contributed by atoms with Crippen LogP contribution in [-0.4, -0.2) is 32.8 Å². The standard InChI is InChI=1S/C6H13N3O2S/c1-2-12(8,11)9-4-3-5(9)6(7)10/h5,8H,2-4H2,1H3,(H2,7,10). The molecule has 6 heteroatoms. The lowest BCUT2D eigenvalue weighted by molar-refractivity contribution is -0.124. The van der Waals surface area contributed by atoms with E-state index in [0.717, 1.165) is 0 Å². The molecule has 1 fully saturated rings. The van der Waals surface area contributed by atoms with Crippen LogP contribution in [0.1, 0.15) is 13.3 Å². The van der Waals surface area contributed by atoms with E-state index < -0.39 is 21.9 Å². The van der Waals surface area contributed by atoms with Gasteiger partial charge in [0.2, 0.25) is 5.91 Å². The molecule has 3 N–H and O–H groups in total. The largest absolute Gasteiger partial charge is 0.368 e. The second-order valence-corrected chi connectivity index (χ2v) is 5.10. The second-order valence-electron chi connectivity index (χ2n) is 2.78. The summed E-state index contributed by atoms with van der Waals surface area (Å²) >= 11 is 0. The lowest BCUT2D eigenvalue weighted by Gasteiger charge is -2.38. The first-order valence-electron chi connectivity index (χ1n) is 3.81. The lowest BCUT2D eigenvalue weighted by Crippen LogP contribution is -2.57. The lowest BCUT2D eigenvalue weighted by atomic mass is 10.1. The van der Waals surface area contributed by atoms with Crippen molar-refractivity contribution < 1.29 is 9.00 Å². The molecule has 0 spiro atoms. The van der Waals surface area contributed by atoms with Crippen LogP contribution < -0.4 is 5.73 Å². The second kappa shape index (κ2) is 3.02. The Morgan fingerprint density at radius 3 is 2.67 bits per heavy atom. The fourth-order valence-electron chi connectivity index (χ4n) is 1.17. The van der Waals surface area contributed by atoms with Crippen LogP contribution in [0.5, 0.6) is 0 Å². The summed E-state index contributed by atoms with van der Waals surface area (Å²) in [4.78, 5) is 10.7. The molecule has 1 saturated heterocycles. The van der Waals surface area contributed by atoms with Crippen molar-refractivity contribution in [1.29, 1.82) is 4.78 Å². The third-order valence-corrected chi connectivity index (χ3v) is 4.05. The molecule has 1 aliphatic heterocycles. The van der Waals surface area contributed by atoms with Crippen molar-refractivity contribution in [3.05, 3.63) is 0 Å². The number of amides is 1. The van der Waals surface area contributed by atoms with E-state index in [0.29, 0.717) is 13.0 Å². The van der Waals surface area contributed by atoms with Crippen LogP contribution in [-0.2, 0) is 14.7 Å². The predicted molar refractivity (Wildman–Crippen MR) is 45.7 cm³/mol. The molecule has 1 rings (SSSR count). The molecule has 0 aromatic heterocycles. The van der Waals surface area contributed by atoms with E-state index in [9.17, 15) is 9.00 Å². The van der Waals surface area contributed by atoms with Gasteiger partial charge in [0.15, 0.2) is 0 Å². The summed E-state index contributed by atoms with van der Waals surface area (Å²) in [6, 6.07) is -0.477. The fraction of sp³-hybridized carbons (Fsp3) is 0.833. The molecule has 0 radical (unpaired) electrons. The van der Waals surface area contributed by atoms with Crippen molar-refractivity contribution in [3.63, 3.8) is 0 Å². The van der Waals surface area contributed by atoms with Gasteiger partial charge in [-0.25, -0.2) is 13.3 Å². The van der Waals surface area contributed by atoms with Crippen molar-refractivity contribution in [1.82, 2.24) is 4.31 Å².